The lowest BCUT2D eigenvalue weighted by Crippen LogP contribution is -2.25. The fraction of sp³-hybridized carbons (Fsp3) is 0.0769. The maximum absolute atomic E-state index is 13.9. The van der Waals surface area contributed by atoms with E-state index >= 15 is 0 Å². The van der Waals surface area contributed by atoms with E-state index in [-0.39, 0.29) is 11.2 Å². The summed E-state index contributed by atoms with van der Waals surface area (Å²) in [6, 6.07) is 10.8. The molecular weight excluding hydrogens is 495 g/mol. The third kappa shape index (κ3) is 5.22. The molecule has 37 heavy (non-hydrogen) atoms. The maximum Gasteiger partial charge on any atom is 0.266 e. The first-order valence-electron chi connectivity index (χ1n) is 11.1. The molecule has 0 saturated carbocycles. The fourth-order valence-corrected chi connectivity index (χ4v) is 3.88. The van der Waals surface area contributed by atoms with Crippen molar-refractivity contribution >= 4 is 34.1 Å². The van der Waals surface area contributed by atoms with E-state index in [0.717, 1.165) is 0 Å². The molecule has 0 saturated heterocycles. The summed E-state index contributed by atoms with van der Waals surface area (Å²) < 4.78 is 15.3. The number of nitrogens with one attached hydrogen (secondary N) is 1. The summed E-state index contributed by atoms with van der Waals surface area (Å²) in [5.74, 6) is 6.39. The van der Waals surface area contributed by atoms with Crippen LogP contribution in [-0.4, -0.2) is 36.0 Å². The molecule has 0 fully saturated rings. The average molecular weight is 513 g/mol. The number of rotatable bonds is 5. The summed E-state index contributed by atoms with van der Waals surface area (Å²) in [6.07, 6.45) is 6.27. The highest BCUT2D eigenvalue weighted by atomic mass is 35.5. The third-order valence-electron chi connectivity index (χ3n) is 5.36. The number of fused-ring (bicyclic) bond motifs is 1. The predicted molar refractivity (Wildman–Crippen MR) is 139 cm³/mol. The lowest BCUT2D eigenvalue weighted by atomic mass is 10.2. The van der Waals surface area contributed by atoms with Crippen LogP contribution >= 0.6 is 11.6 Å². The number of hydrogen-bond donors (Lipinski definition) is 2. The number of halogens is 2. The second-order valence-corrected chi connectivity index (χ2v) is 8.25. The van der Waals surface area contributed by atoms with Crippen LogP contribution in [0.2, 0.25) is 5.02 Å². The van der Waals surface area contributed by atoms with Crippen molar-refractivity contribution in [1.82, 2.24) is 29.5 Å². The SMILES string of the molecule is Nc1ncnc(NCCc2nc3ccc(F)cc3c(=O)n2-c2cccc(Cl)c2)c1C#Cc1cnccn1. The van der Waals surface area contributed by atoms with Gasteiger partial charge in [0.05, 0.1) is 22.8 Å². The van der Waals surface area contributed by atoms with Crippen molar-refractivity contribution in [3.63, 3.8) is 0 Å². The molecule has 3 aromatic heterocycles. The smallest absolute Gasteiger partial charge is 0.266 e. The van der Waals surface area contributed by atoms with Gasteiger partial charge >= 0.3 is 0 Å². The molecule has 5 aromatic rings. The van der Waals surface area contributed by atoms with E-state index in [1.807, 2.05) is 0 Å². The second kappa shape index (κ2) is 10.4. The predicted octanol–water partition coefficient (Wildman–Crippen LogP) is 3.39. The van der Waals surface area contributed by atoms with Gasteiger partial charge in [-0.1, -0.05) is 23.6 Å². The molecule has 2 aromatic carbocycles. The van der Waals surface area contributed by atoms with Crippen molar-refractivity contribution in [2.45, 2.75) is 6.42 Å². The Balaban J connectivity index is 1.48. The molecule has 0 radical (unpaired) electrons. The van der Waals surface area contributed by atoms with Crippen molar-refractivity contribution < 1.29 is 4.39 Å². The van der Waals surface area contributed by atoms with Crippen molar-refractivity contribution in [1.29, 1.82) is 0 Å². The number of nitrogens with two attached hydrogens (primary N) is 1. The molecule has 0 spiro atoms. The first-order chi connectivity index (χ1) is 18.0. The summed E-state index contributed by atoms with van der Waals surface area (Å²) in [6.45, 7) is 0.329. The lowest BCUT2D eigenvalue weighted by molar-refractivity contribution is 0.629. The zero-order valence-corrected chi connectivity index (χ0v) is 19.9. The van der Waals surface area contributed by atoms with Crippen molar-refractivity contribution in [3.05, 3.63) is 106 Å². The Bertz CT molecular complexity index is 1730. The highest BCUT2D eigenvalue weighted by Gasteiger charge is 2.15. The van der Waals surface area contributed by atoms with Crippen molar-refractivity contribution in [2.75, 3.05) is 17.6 Å². The van der Waals surface area contributed by atoms with E-state index < -0.39 is 11.4 Å². The zero-order valence-electron chi connectivity index (χ0n) is 19.2. The van der Waals surface area contributed by atoms with E-state index in [9.17, 15) is 9.18 Å². The summed E-state index contributed by atoms with van der Waals surface area (Å²) in [5.41, 5.74) is 7.43. The van der Waals surface area contributed by atoms with Crippen molar-refractivity contribution in [2.24, 2.45) is 0 Å². The summed E-state index contributed by atoms with van der Waals surface area (Å²) in [5, 5.41) is 3.82. The lowest BCUT2D eigenvalue weighted by Gasteiger charge is -2.15. The minimum atomic E-state index is -0.519. The third-order valence-corrected chi connectivity index (χ3v) is 5.60. The molecule has 0 aliphatic rings. The van der Waals surface area contributed by atoms with Gasteiger partial charge in [0.2, 0.25) is 0 Å². The van der Waals surface area contributed by atoms with Crippen LogP contribution < -0.4 is 16.6 Å². The Hall–Kier alpha value is -4.88. The van der Waals surface area contributed by atoms with Gasteiger partial charge in [-0.05, 0) is 42.3 Å². The largest absolute Gasteiger partial charge is 0.382 e. The minimum absolute atomic E-state index is 0.168. The number of benzene rings is 2. The van der Waals surface area contributed by atoms with E-state index in [1.54, 1.807) is 36.7 Å². The number of anilines is 2. The molecule has 0 aliphatic carbocycles. The van der Waals surface area contributed by atoms with Crippen LogP contribution in [0.15, 0.2) is 72.2 Å². The van der Waals surface area contributed by atoms with Crippen LogP contribution in [0.25, 0.3) is 16.6 Å². The number of aromatic nitrogens is 6. The maximum atomic E-state index is 13.9. The molecule has 0 aliphatic heterocycles. The van der Waals surface area contributed by atoms with Crippen LogP contribution in [0.3, 0.4) is 0 Å². The van der Waals surface area contributed by atoms with Crippen molar-refractivity contribution in [3.8, 4) is 17.5 Å². The topological polar surface area (TPSA) is 124 Å². The monoisotopic (exact) mass is 512 g/mol. The minimum Gasteiger partial charge on any atom is -0.382 e. The van der Waals surface area contributed by atoms with E-state index in [2.05, 4.69) is 42.1 Å². The highest BCUT2D eigenvalue weighted by Crippen LogP contribution is 2.19. The molecule has 5 rings (SSSR count). The van der Waals surface area contributed by atoms with Gasteiger partial charge in [-0.3, -0.25) is 14.3 Å². The fourth-order valence-electron chi connectivity index (χ4n) is 3.69. The summed E-state index contributed by atoms with van der Waals surface area (Å²) in [7, 11) is 0. The molecular formula is C26H18ClFN8O. The van der Waals surface area contributed by atoms with Gasteiger partial charge in [-0.15, -0.1) is 0 Å². The normalized spacial score (nSPS) is 10.6. The zero-order chi connectivity index (χ0) is 25.8. The summed E-state index contributed by atoms with van der Waals surface area (Å²) >= 11 is 6.18. The number of hydrogen-bond acceptors (Lipinski definition) is 8. The van der Waals surface area contributed by atoms with Crippen LogP contribution in [0.1, 0.15) is 17.1 Å². The Kier molecular flexibility index (Phi) is 6.70. The first-order valence-corrected chi connectivity index (χ1v) is 11.5. The number of nitrogen functional groups attached to an aromatic ring is 1. The van der Waals surface area contributed by atoms with Gasteiger partial charge < -0.3 is 11.1 Å². The van der Waals surface area contributed by atoms with Gasteiger partial charge in [-0.2, -0.15) is 0 Å². The van der Waals surface area contributed by atoms with Gasteiger partial charge in [0.15, 0.2) is 0 Å². The Morgan fingerprint density at radius 3 is 2.78 bits per heavy atom. The standard InChI is InChI=1S/C26H18ClFN8O/c27-16-2-1-3-19(12-16)36-23(35-22-7-4-17(28)13-21(22)26(36)37)8-9-32-25-20(24(29)33-15-34-25)6-5-18-14-30-10-11-31-18/h1-4,7,10-15H,8-9H2,(H3,29,32,33,34). The molecule has 0 atom stereocenters. The van der Waals surface area contributed by atoms with Crippen LogP contribution in [0.4, 0.5) is 16.0 Å². The van der Waals surface area contributed by atoms with Crippen LogP contribution in [-0.2, 0) is 6.42 Å². The molecule has 3 heterocycles. The first kappa shape index (κ1) is 23.8. The van der Waals surface area contributed by atoms with E-state index in [1.165, 1.54) is 35.3 Å². The molecule has 0 amide bonds. The molecule has 182 valence electrons. The average Bonchev–Trinajstić information content (AvgIpc) is 2.89. The summed E-state index contributed by atoms with van der Waals surface area (Å²) in [4.78, 5) is 34.4. The van der Waals surface area contributed by atoms with Crippen LogP contribution in [0.5, 0.6) is 0 Å². The Morgan fingerprint density at radius 1 is 1.08 bits per heavy atom. The van der Waals surface area contributed by atoms with Gasteiger partial charge in [-0.25, -0.2) is 24.3 Å². The van der Waals surface area contributed by atoms with Gasteiger partial charge in [0.25, 0.3) is 5.56 Å². The molecule has 3 N–H and O–H groups in total. The van der Waals surface area contributed by atoms with Crippen LogP contribution in [0, 0.1) is 17.7 Å². The quantitative estimate of drug-likeness (QED) is 0.343. The molecule has 9 nitrogen and oxygen atoms in total. The van der Waals surface area contributed by atoms with Gasteiger partial charge in [0.1, 0.15) is 40.9 Å². The van der Waals surface area contributed by atoms with E-state index in [0.29, 0.717) is 52.1 Å². The second-order valence-electron chi connectivity index (χ2n) is 7.81. The highest BCUT2D eigenvalue weighted by molar-refractivity contribution is 6.30. The Labute approximate surface area is 215 Å². The molecule has 0 bridgehead atoms. The molecule has 0 unspecified atom stereocenters. The van der Waals surface area contributed by atoms with E-state index in [4.69, 9.17) is 17.3 Å². The number of nitrogens with zero attached hydrogens (tertiary/aromatic N) is 6. The Morgan fingerprint density at radius 2 is 1.97 bits per heavy atom. The molecule has 11 heteroatoms. The van der Waals surface area contributed by atoms with Gasteiger partial charge in [0, 0.05) is 30.4 Å².